The van der Waals surface area contributed by atoms with Gasteiger partial charge in [-0.15, -0.1) is 11.8 Å². The van der Waals surface area contributed by atoms with Gasteiger partial charge in [0.05, 0.1) is 36.8 Å². The number of rotatable bonds is 7. The van der Waals surface area contributed by atoms with E-state index in [0.717, 1.165) is 17.8 Å². The van der Waals surface area contributed by atoms with Crippen LogP contribution in [0.4, 0.5) is 10.1 Å². The number of methoxy groups -OCH3 is 2. The van der Waals surface area contributed by atoms with Gasteiger partial charge in [-0.2, -0.15) is 0 Å². The molecule has 0 aliphatic rings. The summed E-state index contributed by atoms with van der Waals surface area (Å²) in [4.78, 5) is 47.4. The lowest BCUT2D eigenvalue weighted by Crippen LogP contribution is -2.18. The summed E-state index contributed by atoms with van der Waals surface area (Å²) in [5.74, 6) is -2.91. The summed E-state index contributed by atoms with van der Waals surface area (Å²) < 4.78 is 23.4. The Balaban J connectivity index is 2.16. The molecule has 1 N–H and O–H groups in total. The number of hydrogen-bond donors (Lipinski definition) is 1. The Labute approximate surface area is 170 Å². The number of anilines is 1. The number of nitrogens with one attached hydrogen (secondary N) is 1. The van der Waals surface area contributed by atoms with Gasteiger partial charge in [0.15, 0.2) is 5.78 Å². The number of esters is 2. The molecular weight excluding hydrogens is 401 g/mol. The zero-order valence-electron chi connectivity index (χ0n) is 15.9. The van der Waals surface area contributed by atoms with Gasteiger partial charge in [-0.25, -0.2) is 14.0 Å². The van der Waals surface area contributed by atoms with Crippen LogP contribution in [0.15, 0.2) is 41.3 Å². The molecule has 9 heteroatoms. The SMILES string of the molecule is COC(=O)c1ccc(C(=O)OC)c(NC(=O)CSc2ccc(C(C)=O)cc2F)c1. The van der Waals surface area contributed by atoms with Gasteiger partial charge >= 0.3 is 11.9 Å². The molecule has 7 nitrogen and oxygen atoms in total. The Bertz CT molecular complexity index is 975. The number of thioether (sulfide) groups is 1. The van der Waals surface area contributed by atoms with Crippen molar-refractivity contribution in [2.75, 3.05) is 25.3 Å². The van der Waals surface area contributed by atoms with Crippen LogP contribution in [0.25, 0.3) is 0 Å². The first kappa shape index (κ1) is 22.1. The van der Waals surface area contributed by atoms with Crippen molar-refractivity contribution in [3.8, 4) is 0 Å². The Kier molecular flexibility index (Phi) is 7.49. The first-order chi connectivity index (χ1) is 13.8. The number of carbonyl (C=O) groups excluding carboxylic acids is 4. The molecular formula is C20H18FNO6S. The zero-order valence-corrected chi connectivity index (χ0v) is 16.7. The van der Waals surface area contributed by atoms with E-state index in [0.29, 0.717) is 0 Å². The highest BCUT2D eigenvalue weighted by molar-refractivity contribution is 8.00. The van der Waals surface area contributed by atoms with Crippen molar-refractivity contribution >= 4 is 41.1 Å². The van der Waals surface area contributed by atoms with Gasteiger partial charge in [0.2, 0.25) is 5.91 Å². The minimum Gasteiger partial charge on any atom is -0.465 e. The van der Waals surface area contributed by atoms with Crippen molar-refractivity contribution in [3.63, 3.8) is 0 Å². The van der Waals surface area contributed by atoms with Crippen LogP contribution < -0.4 is 5.32 Å². The molecule has 2 aromatic rings. The van der Waals surface area contributed by atoms with Crippen molar-refractivity contribution in [2.45, 2.75) is 11.8 Å². The molecule has 0 heterocycles. The molecule has 0 saturated heterocycles. The van der Waals surface area contributed by atoms with E-state index in [1.54, 1.807) is 0 Å². The summed E-state index contributed by atoms with van der Waals surface area (Å²) in [5, 5.41) is 2.52. The molecule has 0 unspecified atom stereocenters. The number of ketones is 1. The number of amides is 1. The van der Waals surface area contributed by atoms with Crippen LogP contribution in [0.3, 0.4) is 0 Å². The smallest absolute Gasteiger partial charge is 0.339 e. The van der Waals surface area contributed by atoms with Gasteiger partial charge in [0, 0.05) is 10.5 Å². The van der Waals surface area contributed by atoms with Gasteiger partial charge < -0.3 is 14.8 Å². The maximum atomic E-state index is 14.1. The quantitative estimate of drug-likeness (QED) is 0.417. The van der Waals surface area contributed by atoms with E-state index in [1.165, 1.54) is 51.5 Å². The lowest BCUT2D eigenvalue weighted by Gasteiger charge is -2.11. The standard InChI is InChI=1S/C20H18FNO6S/c1-11(23)12-5-7-17(15(21)8-12)29-10-18(24)22-16-9-13(19(25)27-2)4-6-14(16)20(26)28-3/h4-9H,10H2,1-3H3,(H,22,24). The van der Waals surface area contributed by atoms with E-state index in [-0.39, 0.29) is 38.8 Å². The summed E-state index contributed by atoms with van der Waals surface area (Å²) in [6, 6.07) is 8.00. The van der Waals surface area contributed by atoms with Gasteiger partial charge in [-0.1, -0.05) is 6.07 Å². The van der Waals surface area contributed by atoms with Crippen molar-refractivity contribution in [2.24, 2.45) is 0 Å². The molecule has 1 amide bonds. The molecule has 0 aliphatic heterocycles. The van der Waals surface area contributed by atoms with Crippen LogP contribution in [0.1, 0.15) is 38.0 Å². The van der Waals surface area contributed by atoms with E-state index >= 15 is 0 Å². The second kappa shape index (κ2) is 9.83. The molecule has 2 aromatic carbocycles. The first-order valence-corrected chi connectivity index (χ1v) is 9.29. The largest absolute Gasteiger partial charge is 0.465 e. The highest BCUT2D eigenvalue weighted by Gasteiger charge is 2.18. The molecule has 29 heavy (non-hydrogen) atoms. The Morgan fingerprint density at radius 2 is 1.62 bits per heavy atom. The monoisotopic (exact) mass is 419 g/mol. The third-order valence-electron chi connectivity index (χ3n) is 3.82. The van der Waals surface area contributed by atoms with Crippen molar-refractivity contribution in [1.29, 1.82) is 0 Å². The number of Topliss-reactive ketones (excluding diaryl/α,β-unsaturated/α-hetero) is 1. The van der Waals surface area contributed by atoms with Crippen molar-refractivity contribution < 1.29 is 33.0 Å². The zero-order chi connectivity index (χ0) is 21.6. The van der Waals surface area contributed by atoms with Crippen molar-refractivity contribution in [3.05, 3.63) is 58.9 Å². The third-order valence-corrected chi connectivity index (χ3v) is 4.87. The number of hydrogen-bond acceptors (Lipinski definition) is 7. The maximum absolute atomic E-state index is 14.1. The molecule has 0 fully saturated rings. The van der Waals surface area contributed by atoms with Gasteiger partial charge in [-0.3, -0.25) is 9.59 Å². The van der Waals surface area contributed by atoms with Crippen LogP contribution in [0.5, 0.6) is 0 Å². The predicted molar refractivity (Wildman–Crippen MR) is 105 cm³/mol. The summed E-state index contributed by atoms with van der Waals surface area (Å²) >= 11 is 0.924. The van der Waals surface area contributed by atoms with Crippen LogP contribution in [0.2, 0.25) is 0 Å². The van der Waals surface area contributed by atoms with E-state index in [2.05, 4.69) is 14.8 Å². The fourth-order valence-corrected chi connectivity index (χ4v) is 3.07. The summed E-state index contributed by atoms with van der Waals surface area (Å²) in [6.07, 6.45) is 0. The molecule has 2 rings (SSSR count). The third kappa shape index (κ3) is 5.64. The predicted octanol–water partition coefficient (Wildman–Crippen LogP) is 3.33. The lowest BCUT2D eigenvalue weighted by atomic mass is 10.1. The van der Waals surface area contributed by atoms with E-state index < -0.39 is 23.7 Å². The van der Waals surface area contributed by atoms with E-state index in [4.69, 9.17) is 0 Å². The lowest BCUT2D eigenvalue weighted by molar-refractivity contribution is -0.113. The van der Waals surface area contributed by atoms with Gasteiger partial charge in [-0.05, 0) is 37.3 Å². The number of carbonyl (C=O) groups is 4. The molecule has 0 aliphatic carbocycles. The first-order valence-electron chi connectivity index (χ1n) is 8.30. The average Bonchev–Trinajstić information content (AvgIpc) is 2.71. The molecule has 0 atom stereocenters. The topological polar surface area (TPSA) is 98.8 Å². The highest BCUT2D eigenvalue weighted by Crippen LogP contribution is 2.24. The van der Waals surface area contributed by atoms with Gasteiger partial charge in [0.1, 0.15) is 5.82 Å². The maximum Gasteiger partial charge on any atom is 0.339 e. The Hall–Kier alpha value is -3.20. The number of ether oxygens (including phenoxy) is 2. The summed E-state index contributed by atoms with van der Waals surface area (Å²) in [5.41, 5.74) is 0.487. The second-order valence-corrected chi connectivity index (χ2v) is 6.80. The Morgan fingerprint density at radius 3 is 2.21 bits per heavy atom. The van der Waals surface area contributed by atoms with Crippen LogP contribution >= 0.6 is 11.8 Å². The van der Waals surface area contributed by atoms with Gasteiger partial charge in [0.25, 0.3) is 0 Å². The van der Waals surface area contributed by atoms with Crippen LogP contribution in [-0.2, 0) is 14.3 Å². The van der Waals surface area contributed by atoms with Crippen molar-refractivity contribution in [1.82, 2.24) is 0 Å². The molecule has 0 aromatic heterocycles. The minimum atomic E-state index is -0.699. The fourth-order valence-electron chi connectivity index (χ4n) is 2.35. The van der Waals surface area contributed by atoms with E-state index in [1.807, 2.05) is 0 Å². The second-order valence-electron chi connectivity index (χ2n) is 5.78. The summed E-state index contributed by atoms with van der Waals surface area (Å²) in [7, 11) is 2.39. The van der Waals surface area contributed by atoms with E-state index in [9.17, 15) is 23.6 Å². The average molecular weight is 419 g/mol. The van der Waals surface area contributed by atoms with Crippen LogP contribution in [0, 0.1) is 5.82 Å². The Morgan fingerprint density at radius 1 is 0.966 bits per heavy atom. The molecule has 0 bridgehead atoms. The van der Waals surface area contributed by atoms with Crippen LogP contribution in [-0.4, -0.2) is 43.6 Å². The molecule has 0 radical (unpaired) electrons. The summed E-state index contributed by atoms with van der Waals surface area (Å²) in [6.45, 7) is 1.33. The number of halogens is 1. The fraction of sp³-hybridized carbons (Fsp3) is 0.200. The minimum absolute atomic E-state index is 0.0514. The molecule has 0 saturated carbocycles. The molecule has 152 valence electrons. The molecule has 0 spiro atoms. The normalized spacial score (nSPS) is 10.2. The highest BCUT2D eigenvalue weighted by atomic mass is 32.2. The number of benzene rings is 2.